The van der Waals surface area contributed by atoms with Gasteiger partial charge in [0.1, 0.15) is 4.90 Å². The summed E-state index contributed by atoms with van der Waals surface area (Å²) in [5.74, 6) is 0.283. The maximum atomic E-state index is 14.4. The minimum atomic E-state index is -3.86. The molecule has 2 aliphatic heterocycles. The summed E-state index contributed by atoms with van der Waals surface area (Å²) >= 11 is 0. The number of nitrogens with zero attached hydrogens (tertiary/aromatic N) is 6. The normalized spacial score (nSPS) is 17.6. The van der Waals surface area contributed by atoms with Crippen LogP contribution in [0.25, 0.3) is 0 Å². The molecule has 0 aromatic heterocycles. The van der Waals surface area contributed by atoms with Gasteiger partial charge in [0.25, 0.3) is 5.69 Å². The number of anilines is 2. The van der Waals surface area contributed by atoms with E-state index in [1.165, 1.54) is 12.1 Å². The van der Waals surface area contributed by atoms with Crippen LogP contribution in [0.3, 0.4) is 0 Å². The molecule has 0 aliphatic carbocycles. The number of aliphatic imine (C=N–C) groups is 1. The molecule has 12 heteroatoms. The Kier molecular flexibility index (Phi) is 13.0. The molecular formula is C36H54N6O5S. The van der Waals surface area contributed by atoms with E-state index in [0.717, 1.165) is 57.4 Å². The lowest BCUT2D eigenvalue weighted by molar-refractivity contribution is -0.384. The highest BCUT2D eigenvalue weighted by atomic mass is 32.2. The zero-order chi connectivity index (χ0) is 35.0. The third-order valence-electron chi connectivity index (χ3n) is 9.16. The van der Waals surface area contributed by atoms with Gasteiger partial charge < -0.3 is 14.7 Å². The van der Waals surface area contributed by atoms with Crippen molar-refractivity contribution in [2.45, 2.75) is 78.5 Å². The largest absolute Gasteiger partial charge is 0.370 e. The molecule has 264 valence electrons. The first-order valence-corrected chi connectivity index (χ1v) is 19.0. The average molecular weight is 683 g/mol. The molecule has 2 saturated heterocycles. The van der Waals surface area contributed by atoms with Crippen LogP contribution in [0.15, 0.2) is 46.3 Å². The molecule has 2 aromatic rings. The van der Waals surface area contributed by atoms with Gasteiger partial charge in [-0.15, -0.1) is 0 Å². The Morgan fingerprint density at radius 2 is 1.56 bits per heavy atom. The first-order valence-electron chi connectivity index (χ1n) is 17.6. The number of rotatable bonds is 14. The highest BCUT2D eigenvalue weighted by Crippen LogP contribution is 2.35. The second kappa shape index (κ2) is 16.7. The minimum absolute atomic E-state index is 0.0605. The van der Waals surface area contributed by atoms with Crippen LogP contribution in [0.5, 0.6) is 0 Å². The second-order valence-corrected chi connectivity index (χ2v) is 15.8. The summed E-state index contributed by atoms with van der Waals surface area (Å²) in [6, 6.07) is 10.1. The van der Waals surface area contributed by atoms with Crippen molar-refractivity contribution in [3.8, 4) is 0 Å². The Morgan fingerprint density at radius 3 is 2.17 bits per heavy atom. The van der Waals surface area contributed by atoms with Gasteiger partial charge in [-0.05, 0) is 82.1 Å². The number of nitro benzene ring substituents is 1. The summed E-state index contributed by atoms with van der Waals surface area (Å²) in [7, 11) is -3.86. The van der Waals surface area contributed by atoms with Crippen molar-refractivity contribution < 1.29 is 18.1 Å². The number of nitro groups is 1. The van der Waals surface area contributed by atoms with Crippen molar-refractivity contribution >= 4 is 44.9 Å². The van der Waals surface area contributed by atoms with E-state index >= 15 is 0 Å². The fourth-order valence-corrected chi connectivity index (χ4v) is 8.79. The highest BCUT2D eigenvalue weighted by molar-refractivity contribution is 7.89. The number of amides is 1. The van der Waals surface area contributed by atoms with Gasteiger partial charge in [-0.2, -0.15) is 4.31 Å². The van der Waals surface area contributed by atoms with Gasteiger partial charge in [0.15, 0.2) is 0 Å². The molecule has 1 atom stereocenters. The van der Waals surface area contributed by atoms with E-state index in [9.17, 15) is 23.3 Å². The van der Waals surface area contributed by atoms with Crippen LogP contribution in [0.2, 0.25) is 0 Å². The maximum absolute atomic E-state index is 14.4. The summed E-state index contributed by atoms with van der Waals surface area (Å²) in [4.78, 5) is 35.7. The van der Waals surface area contributed by atoms with Gasteiger partial charge in [-0.3, -0.25) is 19.9 Å². The number of benzene rings is 2. The van der Waals surface area contributed by atoms with E-state index in [0.29, 0.717) is 49.7 Å². The molecule has 1 amide bonds. The van der Waals surface area contributed by atoms with Gasteiger partial charge >= 0.3 is 0 Å². The maximum Gasteiger partial charge on any atom is 0.270 e. The lowest BCUT2D eigenvalue weighted by atomic mass is 9.95. The second-order valence-electron chi connectivity index (χ2n) is 13.9. The lowest BCUT2D eigenvalue weighted by Crippen LogP contribution is -2.45. The van der Waals surface area contributed by atoms with E-state index in [1.807, 2.05) is 58.6 Å². The molecule has 0 unspecified atom stereocenters. The molecule has 0 N–H and O–H groups in total. The molecule has 48 heavy (non-hydrogen) atoms. The summed E-state index contributed by atoms with van der Waals surface area (Å²) < 4.78 is 30.4. The number of hydrogen-bond acceptors (Lipinski definition) is 8. The molecule has 0 bridgehead atoms. The van der Waals surface area contributed by atoms with Crippen molar-refractivity contribution in [2.75, 3.05) is 62.2 Å². The quantitative estimate of drug-likeness (QED) is 0.123. The number of sulfonamides is 1. The third kappa shape index (κ3) is 9.13. The van der Waals surface area contributed by atoms with E-state index in [1.54, 1.807) is 22.7 Å². The molecule has 2 fully saturated rings. The van der Waals surface area contributed by atoms with Gasteiger partial charge in [0, 0.05) is 82.0 Å². The summed E-state index contributed by atoms with van der Waals surface area (Å²) in [5.41, 5.74) is 2.40. The number of carbonyl (C=O) groups excluding carboxylic acids is 1. The fraction of sp³-hybridized carbons (Fsp3) is 0.611. The molecule has 4 rings (SSSR count). The molecule has 2 heterocycles. The molecule has 11 nitrogen and oxygen atoms in total. The average Bonchev–Trinajstić information content (AvgIpc) is 3.07. The number of piperidine rings is 2. The summed E-state index contributed by atoms with van der Waals surface area (Å²) in [6.07, 6.45) is 6.36. The van der Waals surface area contributed by atoms with Crippen LogP contribution >= 0.6 is 0 Å². The van der Waals surface area contributed by atoms with Crippen molar-refractivity contribution in [3.63, 3.8) is 0 Å². The van der Waals surface area contributed by atoms with Gasteiger partial charge in [0.05, 0.1) is 22.2 Å². The minimum Gasteiger partial charge on any atom is -0.370 e. The molecule has 0 saturated carbocycles. The van der Waals surface area contributed by atoms with Crippen LogP contribution in [-0.4, -0.2) is 87.0 Å². The topological polar surface area (TPSA) is 120 Å². The Morgan fingerprint density at radius 1 is 0.938 bits per heavy atom. The van der Waals surface area contributed by atoms with Crippen molar-refractivity contribution in [3.05, 3.63) is 52.1 Å². The molecular weight excluding hydrogens is 628 g/mol. The smallest absolute Gasteiger partial charge is 0.270 e. The van der Waals surface area contributed by atoms with Crippen LogP contribution in [0, 0.1) is 27.9 Å². The monoisotopic (exact) mass is 682 g/mol. The predicted octanol–water partition coefficient (Wildman–Crippen LogP) is 6.72. The standard InChI is InChI=1S/C36H54N6O5S/c1-7-38(8-2)36(43)29-13-12-20-40(26-29)33-17-15-32(42(44)45)21-30(33)23-37-31-14-16-34(39-18-10-9-11-19-39)35(22-31)48(46,47)41(24-27(3)4)25-28(5)6/h14-17,21-23,27-29H,7-13,18-20,24-26H2,1-6H3/t29-/m1/s1. The van der Waals surface area contributed by atoms with Crippen LogP contribution in [0.1, 0.15) is 79.2 Å². The Hall–Kier alpha value is -3.51. The number of carbonyl (C=O) groups is 1. The van der Waals surface area contributed by atoms with Crippen molar-refractivity contribution in [2.24, 2.45) is 22.7 Å². The third-order valence-corrected chi connectivity index (χ3v) is 11.0. The molecule has 0 spiro atoms. The van der Waals surface area contributed by atoms with E-state index in [2.05, 4.69) is 9.80 Å². The van der Waals surface area contributed by atoms with E-state index < -0.39 is 14.9 Å². The van der Waals surface area contributed by atoms with Gasteiger partial charge in [0.2, 0.25) is 15.9 Å². The Balaban J connectivity index is 1.75. The van der Waals surface area contributed by atoms with Crippen molar-refractivity contribution in [1.82, 2.24) is 9.21 Å². The Labute approximate surface area is 287 Å². The number of hydrogen-bond donors (Lipinski definition) is 0. The zero-order valence-electron chi connectivity index (χ0n) is 29.6. The SMILES string of the molecule is CCN(CC)C(=O)[C@@H]1CCCN(c2ccc([N+](=O)[O-])cc2C=Nc2ccc(N3CCCCC3)c(S(=O)(=O)N(CC(C)C)CC(C)C)c2)C1. The van der Waals surface area contributed by atoms with Crippen LogP contribution < -0.4 is 9.80 Å². The predicted molar refractivity (Wildman–Crippen MR) is 194 cm³/mol. The Bertz CT molecular complexity index is 1540. The molecule has 2 aromatic carbocycles. The van der Waals surface area contributed by atoms with Crippen LogP contribution in [-0.2, 0) is 14.8 Å². The van der Waals surface area contributed by atoms with E-state index in [-0.39, 0.29) is 34.2 Å². The molecule has 0 radical (unpaired) electrons. The number of non-ortho nitro benzene ring substituents is 1. The van der Waals surface area contributed by atoms with Gasteiger partial charge in [-0.25, -0.2) is 8.42 Å². The summed E-state index contributed by atoms with van der Waals surface area (Å²) in [6.45, 7) is 17.0. The molecule has 2 aliphatic rings. The zero-order valence-corrected chi connectivity index (χ0v) is 30.4. The first kappa shape index (κ1) is 37.3. The van der Waals surface area contributed by atoms with Gasteiger partial charge in [-0.1, -0.05) is 27.7 Å². The first-order chi connectivity index (χ1) is 22.8. The van der Waals surface area contributed by atoms with E-state index in [4.69, 9.17) is 4.99 Å². The highest BCUT2D eigenvalue weighted by Gasteiger charge is 2.32. The van der Waals surface area contributed by atoms with Crippen molar-refractivity contribution in [1.29, 1.82) is 0 Å². The fourth-order valence-electron chi connectivity index (χ4n) is 6.79. The summed E-state index contributed by atoms with van der Waals surface area (Å²) in [5, 5.41) is 11.8. The lowest BCUT2D eigenvalue weighted by Gasteiger charge is -2.36. The van der Waals surface area contributed by atoms with Crippen LogP contribution in [0.4, 0.5) is 22.7 Å².